The van der Waals surface area contributed by atoms with E-state index in [0.717, 1.165) is 4.47 Å². The number of halogens is 1. The summed E-state index contributed by atoms with van der Waals surface area (Å²) in [4.78, 5) is 22.1. The maximum absolute atomic E-state index is 11.9. The van der Waals surface area contributed by atoms with E-state index in [4.69, 9.17) is 0 Å². The monoisotopic (exact) mass is 334 g/mol. The van der Waals surface area contributed by atoms with Crippen molar-refractivity contribution in [1.82, 2.24) is 5.32 Å². The Bertz CT molecular complexity index is 641. The van der Waals surface area contributed by atoms with Crippen LogP contribution in [0.15, 0.2) is 53.0 Å². The Morgan fingerprint density at radius 1 is 1.20 bits per heavy atom. The van der Waals surface area contributed by atoms with Gasteiger partial charge in [-0.25, -0.2) is 0 Å². The maximum atomic E-state index is 11.9. The first kappa shape index (κ1) is 14.2. The second-order valence-electron chi connectivity index (χ2n) is 4.12. The topological polar surface area (TPSA) is 72.2 Å². The van der Waals surface area contributed by atoms with Gasteiger partial charge in [-0.2, -0.15) is 0 Å². The zero-order valence-electron chi connectivity index (χ0n) is 10.4. The fourth-order valence-corrected chi connectivity index (χ4v) is 1.93. The first-order valence-corrected chi connectivity index (χ1v) is 6.62. The Kier molecular flexibility index (Phi) is 4.47. The third-order valence-electron chi connectivity index (χ3n) is 2.68. The zero-order chi connectivity index (χ0) is 14.5. The van der Waals surface area contributed by atoms with Crippen molar-refractivity contribution in [2.75, 3.05) is 0 Å². The SMILES string of the molecule is O=C(NCc1cccc([N+](=O)[O-])c1)c1ccc(Br)cc1. The molecule has 0 radical (unpaired) electrons. The zero-order valence-corrected chi connectivity index (χ0v) is 12.0. The molecule has 102 valence electrons. The minimum Gasteiger partial charge on any atom is -0.348 e. The van der Waals surface area contributed by atoms with E-state index in [1.54, 1.807) is 36.4 Å². The van der Waals surface area contributed by atoms with Crippen LogP contribution < -0.4 is 5.32 Å². The number of hydrogen-bond acceptors (Lipinski definition) is 3. The third-order valence-corrected chi connectivity index (χ3v) is 3.21. The molecule has 5 nitrogen and oxygen atoms in total. The second-order valence-corrected chi connectivity index (χ2v) is 5.03. The van der Waals surface area contributed by atoms with Crippen molar-refractivity contribution < 1.29 is 9.72 Å². The summed E-state index contributed by atoms with van der Waals surface area (Å²) in [7, 11) is 0. The van der Waals surface area contributed by atoms with Gasteiger partial charge >= 0.3 is 0 Å². The molecule has 0 spiro atoms. The number of nitrogens with one attached hydrogen (secondary N) is 1. The van der Waals surface area contributed by atoms with Crippen molar-refractivity contribution in [3.63, 3.8) is 0 Å². The third kappa shape index (κ3) is 3.64. The summed E-state index contributed by atoms with van der Waals surface area (Å²) in [5.74, 6) is -0.219. The van der Waals surface area contributed by atoms with Gasteiger partial charge in [0.25, 0.3) is 11.6 Å². The number of amides is 1. The number of benzene rings is 2. The van der Waals surface area contributed by atoms with E-state index in [1.165, 1.54) is 12.1 Å². The number of hydrogen-bond donors (Lipinski definition) is 1. The van der Waals surface area contributed by atoms with E-state index in [0.29, 0.717) is 11.1 Å². The molecule has 0 atom stereocenters. The summed E-state index contributed by atoms with van der Waals surface area (Å²) in [5.41, 5.74) is 1.24. The van der Waals surface area contributed by atoms with E-state index in [1.807, 2.05) is 0 Å². The Hall–Kier alpha value is -2.21. The van der Waals surface area contributed by atoms with Crippen molar-refractivity contribution in [2.45, 2.75) is 6.54 Å². The minimum atomic E-state index is -0.458. The fraction of sp³-hybridized carbons (Fsp3) is 0.0714. The number of rotatable bonds is 4. The van der Waals surface area contributed by atoms with Crippen LogP contribution in [0.25, 0.3) is 0 Å². The normalized spacial score (nSPS) is 10.1. The van der Waals surface area contributed by atoms with Crippen LogP contribution in [-0.4, -0.2) is 10.8 Å². The first-order valence-electron chi connectivity index (χ1n) is 5.83. The van der Waals surface area contributed by atoms with Gasteiger partial charge in [-0.1, -0.05) is 28.1 Å². The lowest BCUT2D eigenvalue weighted by Gasteiger charge is -2.05. The van der Waals surface area contributed by atoms with Crippen LogP contribution >= 0.6 is 15.9 Å². The van der Waals surface area contributed by atoms with Gasteiger partial charge in [0.2, 0.25) is 0 Å². The van der Waals surface area contributed by atoms with Crippen LogP contribution in [0, 0.1) is 10.1 Å². The van der Waals surface area contributed by atoms with E-state index in [-0.39, 0.29) is 18.1 Å². The average molecular weight is 335 g/mol. The van der Waals surface area contributed by atoms with Gasteiger partial charge in [0, 0.05) is 28.7 Å². The van der Waals surface area contributed by atoms with Gasteiger partial charge in [-0.05, 0) is 29.8 Å². The standard InChI is InChI=1S/C14H11BrN2O3/c15-12-6-4-11(5-7-12)14(18)16-9-10-2-1-3-13(8-10)17(19)20/h1-8H,9H2,(H,16,18). The summed E-state index contributed by atoms with van der Waals surface area (Å²) in [6.07, 6.45) is 0. The molecule has 2 aromatic carbocycles. The molecular formula is C14H11BrN2O3. The molecule has 1 amide bonds. The van der Waals surface area contributed by atoms with Crippen LogP contribution in [0.5, 0.6) is 0 Å². The lowest BCUT2D eigenvalue weighted by molar-refractivity contribution is -0.384. The molecule has 20 heavy (non-hydrogen) atoms. The lowest BCUT2D eigenvalue weighted by atomic mass is 10.2. The van der Waals surface area contributed by atoms with Crippen molar-refractivity contribution >= 4 is 27.5 Å². The van der Waals surface area contributed by atoms with Gasteiger partial charge in [0.05, 0.1) is 4.92 Å². The van der Waals surface area contributed by atoms with Crippen molar-refractivity contribution in [3.8, 4) is 0 Å². The summed E-state index contributed by atoms with van der Waals surface area (Å²) in [6, 6.07) is 13.2. The Balaban J connectivity index is 2.01. The molecule has 0 aliphatic rings. The molecule has 0 aromatic heterocycles. The number of nitrogens with zero attached hydrogens (tertiary/aromatic N) is 1. The van der Waals surface area contributed by atoms with E-state index < -0.39 is 4.92 Å². The van der Waals surface area contributed by atoms with Crippen molar-refractivity contribution in [1.29, 1.82) is 0 Å². The van der Waals surface area contributed by atoms with Gasteiger partial charge in [-0.15, -0.1) is 0 Å². The number of nitro benzene ring substituents is 1. The van der Waals surface area contributed by atoms with Crippen LogP contribution in [0.2, 0.25) is 0 Å². The quantitative estimate of drug-likeness (QED) is 0.688. The molecule has 0 unspecified atom stereocenters. The Morgan fingerprint density at radius 2 is 1.90 bits per heavy atom. The summed E-state index contributed by atoms with van der Waals surface area (Å²) < 4.78 is 0.896. The summed E-state index contributed by atoms with van der Waals surface area (Å²) >= 11 is 3.30. The molecule has 0 fully saturated rings. The largest absolute Gasteiger partial charge is 0.348 e. The molecule has 2 rings (SSSR count). The summed E-state index contributed by atoms with van der Waals surface area (Å²) in [5, 5.41) is 13.4. The fourth-order valence-electron chi connectivity index (χ4n) is 1.67. The number of carbonyl (C=O) groups excluding carboxylic acids is 1. The molecule has 0 aliphatic carbocycles. The molecular weight excluding hydrogens is 324 g/mol. The maximum Gasteiger partial charge on any atom is 0.269 e. The highest BCUT2D eigenvalue weighted by Gasteiger charge is 2.08. The predicted molar refractivity (Wildman–Crippen MR) is 78.4 cm³/mol. The molecule has 0 bridgehead atoms. The highest BCUT2D eigenvalue weighted by molar-refractivity contribution is 9.10. The second kappa shape index (κ2) is 6.29. The molecule has 0 saturated carbocycles. The number of nitro groups is 1. The molecule has 2 aromatic rings. The molecule has 0 saturated heterocycles. The number of carbonyl (C=O) groups is 1. The Labute approximate surface area is 123 Å². The van der Waals surface area contributed by atoms with Gasteiger partial charge in [0.1, 0.15) is 0 Å². The van der Waals surface area contributed by atoms with Gasteiger partial charge in [0.15, 0.2) is 0 Å². The van der Waals surface area contributed by atoms with Crippen LogP contribution in [-0.2, 0) is 6.54 Å². The summed E-state index contributed by atoms with van der Waals surface area (Å²) in [6.45, 7) is 0.247. The van der Waals surface area contributed by atoms with Crippen molar-refractivity contribution in [3.05, 3.63) is 74.2 Å². The lowest BCUT2D eigenvalue weighted by Crippen LogP contribution is -2.22. The average Bonchev–Trinajstić information content (AvgIpc) is 2.46. The van der Waals surface area contributed by atoms with E-state index in [9.17, 15) is 14.9 Å². The van der Waals surface area contributed by atoms with Gasteiger partial charge in [-0.3, -0.25) is 14.9 Å². The Morgan fingerprint density at radius 3 is 2.55 bits per heavy atom. The first-order chi connectivity index (χ1) is 9.56. The van der Waals surface area contributed by atoms with Crippen LogP contribution in [0.3, 0.4) is 0 Å². The smallest absolute Gasteiger partial charge is 0.269 e. The van der Waals surface area contributed by atoms with Gasteiger partial charge < -0.3 is 5.32 Å². The highest BCUT2D eigenvalue weighted by Crippen LogP contribution is 2.13. The number of non-ortho nitro benzene ring substituents is 1. The van der Waals surface area contributed by atoms with Crippen LogP contribution in [0.4, 0.5) is 5.69 Å². The highest BCUT2D eigenvalue weighted by atomic mass is 79.9. The molecule has 0 aliphatic heterocycles. The minimum absolute atomic E-state index is 0.0143. The van der Waals surface area contributed by atoms with Crippen LogP contribution in [0.1, 0.15) is 15.9 Å². The molecule has 0 heterocycles. The molecule has 1 N–H and O–H groups in total. The molecule has 6 heteroatoms. The van der Waals surface area contributed by atoms with Crippen molar-refractivity contribution in [2.24, 2.45) is 0 Å². The van der Waals surface area contributed by atoms with E-state index in [2.05, 4.69) is 21.2 Å². The predicted octanol–water partition coefficient (Wildman–Crippen LogP) is 3.29. The van der Waals surface area contributed by atoms with E-state index >= 15 is 0 Å².